The van der Waals surface area contributed by atoms with E-state index in [1.807, 2.05) is 43.5 Å². The van der Waals surface area contributed by atoms with Crippen LogP contribution < -0.4 is 15.8 Å². The third-order valence-corrected chi connectivity index (χ3v) is 5.66. The Morgan fingerprint density at radius 2 is 2.07 bits per heavy atom. The van der Waals surface area contributed by atoms with E-state index in [4.69, 9.17) is 10.5 Å². The van der Waals surface area contributed by atoms with Crippen LogP contribution in [0.5, 0.6) is 11.6 Å². The van der Waals surface area contributed by atoms with Crippen molar-refractivity contribution in [1.29, 1.82) is 0 Å². The predicted molar refractivity (Wildman–Crippen MR) is 110 cm³/mol. The molecule has 1 fully saturated rings. The molecule has 0 saturated heterocycles. The number of amides is 1. The van der Waals surface area contributed by atoms with Crippen molar-refractivity contribution in [3.05, 3.63) is 47.7 Å². The van der Waals surface area contributed by atoms with E-state index in [1.165, 1.54) is 0 Å². The molecule has 5 nitrogen and oxygen atoms in total. The van der Waals surface area contributed by atoms with E-state index >= 15 is 0 Å². The molecule has 6 heteroatoms. The number of thioether (sulfide) groups is 1. The average Bonchev–Trinajstić information content (AvgIpc) is 2.69. The number of rotatable bonds is 6. The highest BCUT2D eigenvalue weighted by atomic mass is 32.2. The first-order valence-corrected chi connectivity index (χ1v) is 10.6. The van der Waals surface area contributed by atoms with Crippen molar-refractivity contribution in [2.45, 2.75) is 43.5 Å². The number of ether oxygens (including phenoxy) is 1. The Bertz CT molecular complexity index is 789. The monoisotopic (exact) mass is 385 g/mol. The largest absolute Gasteiger partial charge is 0.438 e. The summed E-state index contributed by atoms with van der Waals surface area (Å²) in [5, 5.41) is 3.06. The lowest BCUT2D eigenvalue weighted by Crippen LogP contribution is -2.34. The second kappa shape index (κ2) is 9.24. The van der Waals surface area contributed by atoms with Crippen LogP contribution in [0.25, 0.3) is 0 Å². The van der Waals surface area contributed by atoms with Crippen molar-refractivity contribution in [2.75, 3.05) is 12.8 Å². The first-order valence-electron chi connectivity index (χ1n) is 9.37. The first kappa shape index (κ1) is 19.7. The van der Waals surface area contributed by atoms with Crippen LogP contribution in [0.1, 0.15) is 41.6 Å². The Kier molecular flexibility index (Phi) is 6.74. The van der Waals surface area contributed by atoms with E-state index in [0.717, 1.165) is 36.1 Å². The Hall–Kier alpha value is -2.05. The standard InChI is InChI=1S/C21H27N3O2S/c1-14-10-19(20(25)23-13-15-6-8-16(22)9-7-15)21(24-12-14)26-17-4-3-5-18(11-17)27-2/h3-5,10-12,15-16H,6-9,13,22H2,1-2H3,(H,23,25). The van der Waals surface area contributed by atoms with Gasteiger partial charge in [0, 0.05) is 23.7 Å². The van der Waals surface area contributed by atoms with E-state index in [-0.39, 0.29) is 5.91 Å². The normalized spacial score (nSPS) is 19.5. The van der Waals surface area contributed by atoms with Gasteiger partial charge in [0.15, 0.2) is 0 Å². The van der Waals surface area contributed by atoms with E-state index in [1.54, 1.807) is 18.0 Å². The Labute approximate surface area is 165 Å². The zero-order chi connectivity index (χ0) is 19.2. The summed E-state index contributed by atoms with van der Waals surface area (Å²) in [6.45, 7) is 2.59. The summed E-state index contributed by atoms with van der Waals surface area (Å²) in [5.41, 5.74) is 7.36. The van der Waals surface area contributed by atoms with Gasteiger partial charge in [0.2, 0.25) is 5.88 Å². The number of nitrogens with two attached hydrogens (primary N) is 1. The molecule has 0 unspecified atom stereocenters. The fourth-order valence-corrected chi connectivity index (χ4v) is 3.75. The molecule has 0 bridgehead atoms. The summed E-state index contributed by atoms with van der Waals surface area (Å²) in [5.74, 6) is 1.36. The predicted octanol–water partition coefficient (Wildman–Crippen LogP) is 4.15. The maximum atomic E-state index is 12.8. The third-order valence-electron chi connectivity index (χ3n) is 4.93. The number of carbonyl (C=O) groups is 1. The molecule has 27 heavy (non-hydrogen) atoms. The maximum absolute atomic E-state index is 12.8. The lowest BCUT2D eigenvalue weighted by molar-refractivity contribution is 0.0940. The van der Waals surface area contributed by atoms with Crippen molar-refractivity contribution in [2.24, 2.45) is 11.7 Å². The van der Waals surface area contributed by atoms with Gasteiger partial charge >= 0.3 is 0 Å². The number of aryl methyl sites for hydroxylation is 1. The van der Waals surface area contributed by atoms with Crippen molar-refractivity contribution in [1.82, 2.24) is 10.3 Å². The number of hydrogen-bond donors (Lipinski definition) is 2. The fraction of sp³-hybridized carbons (Fsp3) is 0.429. The van der Waals surface area contributed by atoms with Gasteiger partial charge in [0.25, 0.3) is 5.91 Å². The molecule has 1 amide bonds. The smallest absolute Gasteiger partial charge is 0.256 e. The molecule has 0 radical (unpaired) electrons. The maximum Gasteiger partial charge on any atom is 0.256 e. The molecule has 0 atom stereocenters. The van der Waals surface area contributed by atoms with Crippen LogP contribution in [0.15, 0.2) is 41.4 Å². The quantitative estimate of drug-likeness (QED) is 0.731. The van der Waals surface area contributed by atoms with Gasteiger partial charge in [0.05, 0.1) is 0 Å². The summed E-state index contributed by atoms with van der Waals surface area (Å²) in [4.78, 5) is 18.2. The number of nitrogens with zero attached hydrogens (tertiary/aromatic N) is 1. The van der Waals surface area contributed by atoms with Gasteiger partial charge < -0.3 is 15.8 Å². The summed E-state index contributed by atoms with van der Waals surface area (Å²) >= 11 is 1.64. The fourth-order valence-electron chi connectivity index (χ4n) is 3.30. The van der Waals surface area contributed by atoms with Crippen LogP contribution >= 0.6 is 11.8 Å². The molecular formula is C21H27N3O2S. The zero-order valence-electron chi connectivity index (χ0n) is 15.9. The average molecular weight is 386 g/mol. The number of pyridine rings is 1. The number of hydrogen-bond acceptors (Lipinski definition) is 5. The molecule has 3 N–H and O–H groups in total. The van der Waals surface area contributed by atoms with Crippen LogP contribution in [-0.2, 0) is 0 Å². The second-order valence-corrected chi connectivity index (χ2v) is 8.02. The number of benzene rings is 1. The van der Waals surface area contributed by atoms with Gasteiger partial charge in [-0.3, -0.25) is 4.79 Å². The molecule has 1 aliphatic rings. The Morgan fingerprint density at radius 1 is 1.30 bits per heavy atom. The van der Waals surface area contributed by atoms with Gasteiger partial charge in [-0.25, -0.2) is 4.98 Å². The minimum absolute atomic E-state index is 0.142. The van der Waals surface area contributed by atoms with Crippen molar-refractivity contribution >= 4 is 17.7 Å². The van der Waals surface area contributed by atoms with E-state index in [0.29, 0.717) is 35.7 Å². The minimum Gasteiger partial charge on any atom is -0.438 e. The van der Waals surface area contributed by atoms with Gasteiger partial charge in [-0.15, -0.1) is 11.8 Å². The molecule has 1 saturated carbocycles. The Morgan fingerprint density at radius 3 is 2.81 bits per heavy atom. The number of nitrogens with one attached hydrogen (secondary N) is 1. The van der Waals surface area contributed by atoms with Gasteiger partial charge in [0.1, 0.15) is 11.3 Å². The van der Waals surface area contributed by atoms with E-state index in [2.05, 4.69) is 10.3 Å². The summed E-state index contributed by atoms with van der Waals surface area (Å²) in [6.07, 6.45) is 7.93. The summed E-state index contributed by atoms with van der Waals surface area (Å²) < 4.78 is 5.93. The highest BCUT2D eigenvalue weighted by molar-refractivity contribution is 7.98. The topological polar surface area (TPSA) is 77.2 Å². The van der Waals surface area contributed by atoms with Crippen molar-refractivity contribution in [3.63, 3.8) is 0 Å². The van der Waals surface area contributed by atoms with Crippen molar-refractivity contribution in [3.8, 4) is 11.6 Å². The first-order chi connectivity index (χ1) is 13.0. The lowest BCUT2D eigenvalue weighted by Gasteiger charge is -2.26. The summed E-state index contributed by atoms with van der Waals surface area (Å²) in [6, 6.07) is 9.90. The molecule has 2 aromatic rings. The molecule has 0 aliphatic heterocycles. The molecule has 1 aromatic carbocycles. The minimum atomic E-state index is -0.142. The van der Waals surface area contributed by atoms with Gasteiger partial charge in [-0.05, 0) is 74.6 Å². The molecule has 1 aromatic heterocycles. The molecule has 144 valence electrons. The van der Waals surface area contributed by atoms with Crippen LogP contribution in [0.3, 0.4) is 0 Å². The van der Waals surface area contributed by atoms with Crippen molar-refractivity contribution < 1.29 is 9.53 Å². The zero-order valence-corrected chi connectivity index (χ0v) is 16.7. The van der Waals surface area contributed by atoms with Crippen LogP contribution in [0.2, 0.25) is 0 Å². The number of carbonyl (C=O) groups excluding carboxylic acids is 1. The third kappa shape index (κ3) is 5.47. The van der Waals surface area contributed by atoms with E-state index in [9.17, 15) is 4.79 Å². The van der Waals surface area contributed by atoms with Gasteiger partial charge in [-0.1, -0.05) is 6.07 Å². The SMILES string of the molecule is CSc1cccc(Oc2ncc(C)cc2C(=O)NCC2CCC(N)CC2)c1. The van der Waals surface area contributed by atoms with Crippen LogP contribution in [0, 0.1) is 12.8 Å². The molecule has 3 rings (SSSR count). The highest BCUT2D eigenvalue weighted by Gasteiger charge is 2.21. The second-order valence-electron chi connectivity index (χ2n) is 7.14. The van der Waals surface area contributed by atoms with Crippen LogP contribution in [-0.4, -0.2) is 29.7 Å². The number of aromatic nitrogens is 1. The molecule has 1 heterocycles. The molecule has 0 spiro atoms. The lowest BCUT2D eigenvalue weighted by atomic mass is 9.86. The highest BCUT2D eigenvalue weighted by Crippen LogP contribution is 2.27. The Balaban J connectivity index is 1.70. The molecule has 1 aliphatic carbocycles. The molecular weight excluding hydrogens is 358 g/mol. The van der Waals surface area contributed by atoms with Crippen LogP contribution in [0.4, 0.5) is 0 Å². The van der Waals surface area contributed by atoms with Gasteiger partial charge in [-0.2, -0.15) is 0 Å². The van der Waals surface area contributed by atoms with E-state index < -0.39 is 0 Å². The summed E-state index contributed by atoms with van der Waals surface area (Å²) in [7, 11) is 0.